The number of rotatable bonds is 5. The summed E-state index contributed by atoms with van der Waals surface area (Å²) in [5.41, 5.74) is -3.20. The van der Waals surface area contributed by atoms with Crippen molar-refractivity contribution in [2.45, 2.75) is 107 Å². The van der Waals surface area contributed by atoms with Gasteiger partial charge in [-0.15, -0.1) is 0 Å². The molecule has 5 fully saturated rings. The van der Waals surface area contributed by atoms with Crippen LogP contribution >= 0.6 is 0 Å². The van der Waals surface area contributed by atoms with Crippen molar-refractivity contribution in [1.82, 2.24) is 0 Å². The molecular weight excluding hydrogens is 520 g/mol. The quantitative estimate of drug-likeness (QED) is 0.335. The molecule has 4 aliphatic carbocycles. The summed E-state index contributed by atoms with van der Waals surface area (Å²) in [5.74, 6) is -1.35. The summed E-state index contributed by atoms with van der Waals surface area (Å²) < 4.78 is 21.8. The first-order chi connectivity index (χ1) is 18.9. The van der Waals surface area contributed by atoms with E-state index in [0.717, 1.165) is 37.5 Å². The number of fused-ring (bicyclic) bond motifs is 5. The lowest BCUT2D eigenvalue weighted by atomic mass is 9.43. The van der Waals surface area contributed by atoms with E-state index in [9.17, 15) is 29.7 Å². The van der Waals surface area contributed by atoms with Crippen molar-refractivity contribution in [3.8, 4) is 0 Å². The Morgan fingerprint density at radius 3 is 2.58 bits per heavy atom. The molecule has 10 heteroatoms. The molecule has 12 atom stereocenters. The minimum Gasteiger partial charge on any atom is -0.467 e. The Labute approximate surface area is 234 Å². The minimum atomic E-state index is -1.97. The van der Waals surface area contributed by atoms with Gasteiger partial charge in [-0.3, -0.25) is 0 Å². The van der Waals surface area contributed by atoms with Crippen LogP contribution in [0.15, 0.2) is 11.6 Å². The van der Waals surface area contributed by atoms with Gasteiger partial charge in [-0.1, -0.05) is 6.92 Å². The fraction of sp³-hybridized carbons (Fsp3) is 0.833. The number of aldehydes is 1. The molecule has 0 aromatic rings. The van der Waals surface area contributed by atoms with Crippen molar-refractivity contribution in [1.29, 1.82) is 0 Å². The molecule has 12 unspecified atom stereocenters. The van der Waals surface area contributed by atoms with E-state index in [1.807, 2.05) is 0 Å². The Kier molecular flexibility index (Phi) is 6.78. The predicted octanol–water partition coefficient (Wildman–Crippen LogP) is 1.82. The average Bonchev–Trinajstić information content (AvgIpc) is 3.56. The molecule has 10 nitrogen and oxygen atoms in total. The molecule has 1 saturated heterocycles. The maximum absolute atomic E-state index is 13.0. The van der Waals surface area contributed by atoms with E-state index in [-0.39, 0.29) is 49.1 Å². The fourth-order valence-corrected chi connectivity index (χ4v) is 10.0. The van der Waals surface area contributed by atoms with Gasteiger partial charge in [0.15, 0.2) is 6.29 Å². The summed E-state index contributed by atoms with van der Waals surface area (Å²) in [6, 6.07) is 0. The van der Waals surface area contributed by atoms with Crippen LogP contribution in [0.3, 0.4) is 0 Å². The first kappa shape index (κ1) is 28.3. The largest absolute Gasteiger partial charge is 0.467 e. The van der Waals surface area contributed by atoms with Gasteiger partial charge in [0.25, 0.3) is 0 Å². The summed E-state index contributed by atoms with van der Waals surface area (Å²) in [4.78, 5) is 37.2. The highest BCUT2D eigenvalue weighted by atomic mass is 16.7. The third-order valence-electron chi connectivity index (χ3n) is 12.0. The number of ether oxygens (including phenoxy) is 4. The van der Waals surface area contributed by atoms with E-state index in [1.165, 1.54) is 7.11 Å². The SMILES string of the molecule is COC(=O)C1(O)CC(C)OC1OC1CC2CCC3C(CCC4(C)C(C5=CC(=O)OC5)CCC34O)C2(C=O)CC1O. The van der Waals surface area contributed by atoms with Crippen molar-refractivity contribution in [2.75, 3.05) is 13.7 Å². The number of carbonyl (C=O) groups is 3. The van der Waals surface area contributed by atoms with Crippen molar-refractivity contribution in [2.24, 2.45) is 34.5 Å². The Hall–Kier alpha value is -1.85. The molecule has 6 rings (SSSR count). The predicted molar refractivity (Wildman–Crippen MR) is 138 cm³/mol. The van der Waals surface area contributed by atoms with Crippen LogP contribution in [0.5, 0.6) is 0 Å². The summed E-state index contributed by atoms with van der Waals surface area (Å²) in [6.45, 7) is 4.15. The lowest BCUT2D eigenvalue weighted by molar-refractivity contribution is -0.262. The topological polar surface area (TPSA) is 149 Å². The second-order valence-corrected chi connectivity index (χ2v) is 13.6. The molecule has 222 valence electrons. The van der Waals surface area contributed by atoms with Crippen LogP contribution in [0.2, 0.25) is 0 Å². The van der Waals surface area contributed by atoms with Crippen LogP contribution in [0.4, 0.5) is 0 Å². The number of cyclic esters (lactones) is 1. The maximum atomic E-state index is 13.0. The molecule has 3 N–H and O–H groups in total. The van der Waals surface area contributed by atoms with Crippen LogP contribution in [-0.4, -0.2) is 83.1 Å². The molecule has 2 aliphatic heterocycles. The van der Waals surface area contributed by atoms with Gasteiger partial charge < -0.3 is 39.1 Å². The number of carbonyl (C=O) groups excluding carboxylic acids is 3. The molecule has 6 aliphatic rings. The molecule has 0 aromatic heterocycles. The lowest BCUT2D eigenvalue weighted by Gasteiger charge is -2.63. The third kappa shape index (κ3) is 3.82. The third-order valence-corrected chi connectivity index (χ3v) is 12.0. The zero-order valence-corrected chi connectivity index (χ0v) is 23.5. The minimum absolute atomic E-state index is 0.0220. The van der Waals surface area contributed by atoms with Gasteiger partial charge in [-0.25, -0.2) is 9.59 Å². The second-order valence-electron chi connectivity index (χ2n) is 13.6. The van der Waals surface area contributed by atoms with Gasteiger partial charge in [0.2, 0.25) is 5.60 Å². The molecule has 4 saturated carbocycles. The Balaban J connectivity index is 1.23. The van der Waals surface area contributed by atoms with E-state index in [1.54, 1.807) is 13.0 Å². The zero-order valence-electron chi connectivity index (χ0n) is 23.5. The van der Waals surface area contributed by atoms with E-state index >= 15 is 0 Å². The van der Waals surface area contributed by atoms with Crippen molar-refractivity contribution in [3.63, 3.8) is 0 Å². The highest BCUT2D eigenvalue weighted by Crippen LogP contribution is 2.69. The number of methoxy groups -OCH3 is 1. The molecule has 0 aromatic carbocycles. The highest BCUT2D eigenvalue weighted by Gasteiger charge is 2.69. The van der Waals surface area contributed by atoms with Crippen LogP contribution in [0.1, 0.15) is 71.6 Å². The normalized spacial score (nSPS) is 51.8. The zero-order chi connectivity index (χ0) is 28.7. The van der Waals surface area contributed by atoms with Crippen molar-refractivity contribution in [3.05, 3.63) is 11.6 Å². The molecule has 0 bridgehead atoms. The molecular formula is C30H42O10. The molecule has 40 heavy (non-hydrogen) atoms. The summed E-state index contributed by atoms with van der Waals surface area (Å²) >= 11 is 0. The summed E-state index contributed by atoms with van der Waals surface area (Å²) in [5, 5.41) is 34.8. The van der Waals surface area contributed by atoms with E-state index in [2.05, 4.69) is 6.92 Å². The second kappa shape index (κ2) is 9.59. The first-order valence-electron chi connectivity index (χ1n) is 14.8. The fourth-order valence-electron chi connectivity index (χ4n) is 10.0. The maximum Gasteiger partial charge on any atom is 0.343 e. The smallest absolute Gasteiger partial charge is 0.343 e. The number of aliphatic hydroxyl groups excluding tert-OH is 1. The van der Waals surface area contributed by atoms with Gasteiger partial charge >= 0.3 is 11.9 Å². The van der Waals surface area contributed by atoms with Crippen LogP contribution < -0.4 is 0 Å². The van der Waals surface area contributed by atoms with Gasteiger partial charge in [-0.2, -0.15) is 0 Å². The standard InChI is InChI=1S/C30H42O10/c1-16-12-29(35,25(34)37-3)26(39-16)40-23-11-18-4-5-21-20(28(18,15-31)13-22(23)32)6-8-27(2)19(7-9-30(21,27)36)17-10-24(33)38-14-17/h10,15-16,18-23,26,32,35-36H,4-9,11-14H2,1-3H3. The molecule has 0 spiro atoms. The summed E-state index contributed by atoms with van der Waals surface area (Å²) in [7, 11) is 1.19. The van der Waals surface area contributed by atoms with E-state index < -0.39 is 52.6 Å². The molecule has 2 heterocycles. The highest BCUT2D eigenvalue weighted by molar-refractivity contribution is 5.85. The van der Waals surface area contributed by atoms with Crippen LogP contribution in [0.25, 0.3) is 0 Å². The van der Waals surface area contributed by atoms with Gasteiger partial charge in [0.05, 0.1) is 31.0 Å². The Morgan fingerprint density at radius 1 is 1.12 bits per heavy atom. The molecule has 0 radical (unpaired) electrons. The average molecular weight is 563 g/mol. The van der Waals surface area contributed by atoms with Gasteiger partial charge in [0, 0.05) is 23.3 Å². The van der Waals surface area contributed by atoms with Gasteiger partial charge in [0.1, 0.15) is 12.9 Å². The Bertz CT molecular complexity index is 1110. The van der Waals surface area contributed by atoms with Crippen molar-refractivity contribution < 1.29 is 48.7 Å². The number of aliphatic hydroxyl groups is 3. The van der Waals surface area contributed by atoms with Gasteiger partial charge in [-0.05, 0) is 87.5 Å². The van der Waals surface area contributed by atoms with E-state index in [4.69, 9.17) is 18.9 Å². The lowest BCUT2D eigenvalue weighted by Crippen LogP contribution is -2.65. The van der Waals surface area contributed by atoms with Crippen LogP contribution in [0, 0.1) is 34.5 Å². The Morgan fingerprint density at radius 2 is 1.90 bits per heavy atom. The molecule has 0 amide bonds. The van der Waals surface area contributed by atoms with Crippen molar-refractivity contribution >= 4 is 18.2 Å². The number of hydrogen-bond donors (Lipinski definition) is 3. The monoisotopic (exact) mass is 562 g/mol. The number of hydrogen-bond acceptors (Lipinski definition) is 10. The van der Waals surface area contributed by atoms with Crippen LogP contribution in [-0.2, 0) is 33.3 Å². The first-order valence-corrected chi connectivity index (χ1v) is 14.8. The number of esters is 2. The van der Waals surface area contributed by atoms with E-state index in [0.29, 0.717) is 19.3 Å². The summed E-state index contributed by atoms with van der Waals surface area (Å²) in [6.07, 6.45) is 4.08.